The Labute approximate surface area is 429 Å². The maximum absolute atomic E-state index is 12.7. The molecule has 2 unspecified atom stereocenters. The van der Waals surface area contributed by atoms with Crippen molar-refractivity contribution < 1.29 is 37.6 Å². The van der Waals surface area contributed by atoms with Crippen molar-refractivity contribution in [3.63, 3.8) is 0 Å². The number of unbranched alkanes of at least 4 members (excludes halogenated alkanes) is 20. The van der Waals surface area contributed by atoms with Crippen LogP contribution in [0.15, 0.2) is 109 Å². The van der Waals surface area contributed by atoms with Crippen molar-refractivity contribution in [2.75, 3.05) is 26.4 Å². The Bertz CT molecular complexity index is 1510. The molecule has 10 heteroatoms. The number of carbonyl (C=O) groups excluding carboxylic acids is 2. The maximum Gasteiger partial charge on any atom is 0.472 e. The van der Waals surface area contributed by atoms with Crippen LogP contribution < -0.4 is 5.73 Å². The van der Waals surface area contributed by atoms with E-state index >= 15 is 0 Å². The molecule has 0 radical (unpaired) electrons. The number of allylic oxidation sites excluding steroid dienone is 18. The van der Waals surface area contributed by atoms with Gasteiger partial charge in [-0.3, -0.25) is 18.6 Å². The molecule has 2 atom stereocenters. The summed E-state index contributed by atoms with van der Waals surface area (Å²) in [6, 6.07) is 0. The van der Waals surface area contributed by atoms with Crippen molar-refractivity contribution >= 4 is 19.8 Å². The Hall–Kier alpha value is -3.33. The van der Waals surface area contributed by atoms with Crippen molar-refractivity contribution in [1.29, 1.82) is 0 Å². The summed E-state index contributed by atoms with van der Waals surface area (Å²) in [5.41, 5.74) is 5.37. The minimum atomic E-state index is -4.40. The summed E-state index contributed by atoms with van der Waals surface area (Å²) >= 11 is 0. The van der Waals surface area contributed by atoms with Crippen LogP contribution in [0.2, 0.25) is 0 Å². The molecule has 400 valence electrons. The maximum atomic E-state index is 12.7. The van der Waals surface area contributed by atoms with Gasteiger partial charge in [-0.15, -0.1) is 0 Å². The third-order valence-corrected chi connectivity index (χ3v) is 12.4. The van der Waals surface area contributed by atoms with E-state index in [1.54, 1.807) is 0 Å². The van der Waals surface area contributed by atoms with E-state index in [0.717, 1.165) is 122 Å². The van der Waals surface area contributed by atoms with E-state index in [0.29, 0.717) is 6.42 Å². The largest absolute Gasteiger partial charge is 0.472 e. The highest BCUT2D eigenvalue weighted by Gasteiger charge is 2.26. The van der Waals surface area contributed by atoms with E-state index in [2.05, 4.69) is 123 Å². The molecule has 3 N–H and O–H groups in total. The normalized spacial score (nSPS) is 13.9. The van der Waals surface area contributed by atoms with Crippen LogP contribution in [0.1, 0.15) is 226 Å². The van der Waals surface area contributed by atoms with Gasteiger partial charge in [0.05, 0.1) is 13.2 Å². The summed E-state index contributed by atoms with van der Waals surface area (Å²) in [4.78, 5) is 35.1. The predicted octanol–water partition coefficient (Wildman–Crippen LogP) is 17.5. The minimum Gasteiger partial charge on any atom is -0.462 e. The number of phosphoric acid groups is 1. The van der Waals surface area contributed by atoms with Crippen LogP contribution in [0.5, 0.6) is 0 Å². The number of esters is 2. The van der Waals surface area contributed by atoms with Crippen LogP contribution in [0.4, 0.5) is 0 Å². The number of rotatable bonds is 51. The fourth-order valence-corrected chi connectivity index (χ4v) is 8.06. The van der Waals surface area contributed by atoms with Gasteiger partial charge in [0, 0.05) is 19.4 Å². The van der Waals surface area contributed by atoms with Crippen molar-refractivity contribution in [3.05, 3.63) is 109 Å². The van der Waals surface area contributed by atoms with Crippen molar-refractivity contribution in [3.8, 4) is 0 Å². The highest BCUT2D eigenvalue weighted by atomic mass is 31.2. The SMILES string of the molecule is CC/C=C\C/C=C\C/C=C\C/C=C\C/C=C\C/C=C\C/C=C\C/C=C\CCCCCCCCC(=O)OC(COC(=O)CCCCCCCCC/C=C\CCCCCCCCC)COP(=O)(O)OCCN. The monoisotopic (exact) mass is 996 g/mol. The van der Waals surface area contributed by atoms with Gasteiger partial charge in [-0.25, -0.2) is 4.57 Å². The van der Waals surface area contributed by atoms with Crippen LogP contribution in [0.25, 0.3) is 0 Å². The predicted molar refractivity (Wildman–Crippen MR) is 298 cm³/mol. The van der Waals surface area contributed by atoms with E-state index in [1.807, 2.05) is 0 Å². The molecule has 0 bridgehead atoms. The van der Waals surface area contributed by atoms with Gasteiger partial charge in [0.15, 0.2) is 6.10 Å². The fraction of sp³-hybridized carbons (Fsp3) is 0.667. The molecule has 0 amide bonds. The molecule has 0 aliphatic rings. The van der Waals surface area contributed by atoms with Gasteiger partial charge in [-0.1, -0.05) is 220 Å². The quantitative estimate of drug-likeness (QED) is 0.0264. The lowest BCUT2D eigenvalue weighted by molar-refractivity contribution is -0.161. The smallest absolute Gasteiger partial charge is 0.462 e. The van der Waals surface area contributed by atoms with E-state index in [-0.39, 0.29) is 32.6 Å². The molecule has 0 aliphatic heterocycles. The average Bonchev–Trinajstić information content (AvgIpc) is 3.35. The molecule has 0 saturated carbocycles. The first-order chi connectivity index (χ1) is 34.3. The molecule has 0 saturated heterocycles. The lowest BCUT2D eigenvalue weighted by Gasteiger charge is -2.19. The third kappa shape index (κ3) is 54.0. The summed E-state index contributed by atoms with van der Waals surface area (Å²) in [6.07, 6.45) is 74.2. The van der Waals surface area contributed by atoms with Crippen molar-refractivity contribution in [2.45, 2.75) is 232 Å². The topological polar surface area (TPSA) is 134 Å². The third-order valence-electron chi connectivity index (χ3n) is 11.4. The second-order valence-electron chi connectivity index (χ2n) is 18.1. The molecule has 70 heavy (non-hydrogen) atoms. The van der Waals surface area contributed by atoms with Gasteiger partial charge in [0.1, 0.15) is 6.61 Å². The number of nitrogens with two attached hydrogens (primary N) is 1. The molecule has 0 rings (SSSR count). The molecule has 0 spiro atoms. The Morgan fingerprint density at radius 2 is 0.786 bits per heavy atom. The molecule has 0 fully saturated rings. The fourth-order valence-electron chi connectivity index (χ4n) is 7.29. The van der Waals surface area contributed by atoms with Gasteiger partial charge in [-0.2, -0.15) is 0 Å². The summed E-state index contributed by atoms with van der Waals surface area (Å²) < 4.78 is 33.0. The van der Waals surface area contributed by atoms with Gasteiger partial charge >= 0.3 is 19.8 Å². The van der Waals surface area contributed by atoms with Gasteiger partial charge in [0.25, 0.3) is 0 Å². The van der Waals surface area contributed by atoms with Gasteiger partial charge in [0.2, 0.25) is 0 Å². The first-order valence-corrected chi connectivity index (χ1v) is 29.4. The van der Waals surface area contributed by atoms with Crippen LogP contribution >= 0.6 is 7.82 Å². The van der Waals surface area contributed by atoms with Gasteiger partial charge in [-0.05, 0) is 103 Å². The first-order valence-electron chi connectivity index (χ1n) is 27.9. The van der Waals surface area contributed by atoms with Crippen molar-refractivity contribution in [1.82, 2.24) is 0 Å². The second kappa shape index (κ2) is 55.0. The Morgan fingerprint density at radius 1 is 0.443 bits per heavy atom. The van der Waals surface area contributed by atoms with E-state index < -0.39 is 32.5 Å². The zero-order valence-corrected chi connectivity index (χ0v) is 45.4. The van der Waals surface area contributed by atoms with Crippen LogP contribution in [-0.4, -0.2) is 49.3 Å². The molecule has 9 nitrogen and oxygen atoms in total. The van der Waals surface area contributed by atoms with E-state index in [1.165, 1.54) is 70.6 Å². The molecule has 0 aliphatic carbocycles. The zero-order valence-electron chi connectivity index (χ0n) is 44.5. The van der Waals surface area contributed by atoms with Crippen LogP contribution in [0.3, 0.4) is 0 Å². The average molecular weight is 996 g/mol. The number of carbonyl (C=O) groups is 2. The summed E-state index contributed by atoms with van der Waals surface area (Å²) in [6.45, 7) is 3.60. The molecule has 0 aromatic rings. The Kier molecular flexibility index (Phi) is 52.4. The zero-order chi connectivity index (χ0) is 51.0. The molecule has 0 heterocycles. The van der Waals surface area contributed by atoms with Crippen molar-refractivity contribution in [2.24, 2.45) is 5.73 Å². The highest BCUT2D eigenvalue weighted by molar-refractivity contribution is 7.47. The number of ether oxygens (including phenoxy) is 2. The number of hydrogen-bond donors (Lipinski definition) is 2. The minimum absolute atomic E-state index is 0.0448. The molecule has 0 aromatic carbocycles. The summed E-state index contributed by atoms with van der Waals surface area (Å²) in [5.74, 6) is -0.854. The van der Waals surface area contributed by atoms with Crippen LogP contribution in [-0.2, 0) is 32.7 Å². The number of phosphoric ester groups is 1. The van der Waals surface area contributed by atoms with E-state index in [4.69, 9.17) is 24.3 Å². The highest BCUT2D eigenvalue weighted by Crippen LogP contribution is 2.43. The van der Waals surface area contributed by atoms with Gasteiger partial charge < -0.3 is 20.1 Å². The summed E-state index contributed by atoms with van der Waals surface area (Å²) in [7, 11) is -4.40. The second-order valence-corrected chi connectivity index (χ2v) is 19.5. The standard InChI is InChI=1S/C60H102NO8P/c1-3-5-7-9-11-13-15-17-19-21-23-24-25-26-27-28-29-30-31-32-33-34-35-37-39-41-43-45-47-49-51-53-60(63)69-58(57-68-70(64,65)67-55-54-61)56-66-59(62)52-50-48-46-44-42-40-38-36-22-20-18-16-14-12-10-8-6-4-2/h5,7,11,13,17,19-20,22-24,26-27,29-30,32-33,35,37,58H,3-4,6,8-10,12,14-16,18,21,25,28,31,34,36,38-57,61H2,1-2H3,(H,64,65)/b7-5-,13-11-,19-17-,22-20-,24-23-,27-26-,30-29-,33-32-,37-35-. The Morgan fingerprint density at radius 3 is 1.19 bits per heavy atom. The molecular weight excluding hydrogens is 894 g/mol. The lowest BCUT2D eigenvalue weighted by atomic mass is 10.1. The summed E-state index contributed by atoms with van der Waals surface area (Å²) in [5, 5.41) is 0. The lowest BCUT2D eigenvalue weighted by Crippen LogP contribution is -2.29. The van der Waals surface area contributed by atoms with Crippen LogP contribution in [0, 0.1) is 0 Å². The number of hydrogen-bond acceptors (Lipinski definition) is 8. The molecule has 0 aromatic heterocycles. The first kappa shape index (κ1) is 66.7. The van der Waals surface area contributed by atoms with E-state index in [9.17, 15) is 19.0 Å². The molecular formula is C60H102NO8P. The Balaban J connectivity index is 4.08.